The number of rotatable bonds is 7. The second-order valence-corrected chi connectivity index (χ2v) is 19.5. The van der Waals surface area contributed by atoms with Crippen LogP contribution in [0.1, 0.15) is 132 Å². The summed E-state index contributed by atoms with van der Waals surface area (Å²) in [4.78, 5) is 35.8. The van der Waals surface area contributed by atoms with E-state index < -0.39 is 16.4 Å². The zero-order chi connectivity index (χ0) is 36.7. The van der Waals surface area contributed by atoms with Crippen LogP contribution < -0.4 is 5.73 Å². The zero-order valence-electron chi connectivity index (χ0n) is 33.0. The summed E-state index contributed by atoms with van der Waals surface area (Å²) in [5.41, 5.74) is 12.8. The van der Waals surface area contributed by atoms with Crippen LogP contribution in [-0.2, 0) is 26.3 Å². The highest BCUT2D eigenvalue weighted by molar-refractivity contribution is 6.00. The van der Waals surface area contributed by atoms with Crippen molar-refractivity contribution in [3.63, 3.8) is 0 Å². The molecule has 13 aliphatic rings. The topological polar surface area (TPSA) is 85.1 Å². The molecule has 1 aromatic rings. The molecule has 9 aliphatic heterocycles. The molecule has 14 rings (SSSR count). The molecule has 1 unspecified atom stereocenters. The number of carbonyl (C=O) groups is 2. The number of piperidine rings is 2. The SMILES string of the molecule is CCC[C@@H]1C/C=C2/OC(=O)[C@@]34C5=C(CC[C@@]23[C@]2(OC(=O)c3c(CCCN)cccc32)[C@H]4CCC)[C@@H]2C3=C(CC[C@H]4[C@@H]6C[C@@H](CN1C6)CN34)C[C@@H](C)[C@@H]2CC5. The molecular weight excluding hydrogens is 671 g/mol. The zero-order valence-corrected chi connectivity index (χ0v) is 33.0. The first-order valence-corrected chi connectivity index (χ1v) is 22.3. The smallest absolute Gasteiger partial charge is 0.339 e. The molecule has 7 heteroatoms. The van der Waals surface area contributed by atoms with Crippen LogP contribution in [0.4, 0.5) is 0 Å². The summed E-state index contributed by atoms with van der Waals surface area (Å²) in [6, 6.07) is 7.45. The van der Waals surface area contributed by atoms with Crippen LogP contribution in [0, 0.1) is 46.3 Å². The van der Waals surface area contributed by atoms with Gasteiger partial charge in [0.25, 0.3) is 0 Å². The molecule has 1 aromatic carbocycles. The number of hydrogen-bond donors (Lipinski definition) is 1. The second kappa shape index (κ2) is 12.1. The van der Waals surface area contributed by atoms with Gasteiger partial charge in [-0.2, -0.15) is 0 Å². The molecule has 54 heavy (non-hydrogen) atoms. The number of esters is 2. The summed E-state index contributed by atoms with van der Waals surface area (Å²) in [5, 5.41) is 0. The van der Waals surface area contributed by atoms with Crippen molar-refractivity contribution in [3.8, 4) is 0 Å². The van der Waals surface area contributed by atoms with Gasteiger partial charge in [-0.1, -0.05) is 68.5 Å². The van der Waals surface area contributed by atoms with Crippen LogP contribution in [0.25, 0.3) is 0 Å². The fourth-order valence-electron chi connectivity index (χ4n) is 15.9. The van der Waals surface area contributed by atoms with Crippen molar-refractivity contribution in [2.45, 2.75) is 135 Å². The molecule has 9 heterocycles. The Labute approximate surface area is 322 Å². The Morgan fingerprint density at radius 1 is 1.02 bits per heavy atom. The van der Waals surface area contributed by atoms with E-state index in [1.165, 1.54) is 50.9 Å². The number of fused-ring (bicyclic) bond motifs is 2. The van der Waals surface area contributed by atoms with E-state index in [1.54, 1.807) is 16.8 Å². The number of benzene rings is 1. The van der Waals surface area contributed by atoms with Gasteiger partial charge in [-0.3, -0.25) is 9.69 Å². The van der Waals surface area contributed by atoms with Crippen LogP contribution in [0.5, 0.6) is 0 Å². The largest absolute Gasteiger partial charge is 0.449 e. The van der Waals surface area contributed by atoms with Crippen LogP contribution in [-0.4, -0.2) is 60.0 Å². The van der Waals surface area contributed by atoms with Gasteiger partial charge in [0.2, 0.25) is 0 Å². The number of allylic oxidation sites excluding steroid dienone is 2. The molecule has 0 radical (unpaired) electrons. The van der Waals surface area contributed by atoms with Crippen LogP contribution >= 0.6 is 0 Å². The van der Waals surface area contributed by atoms with Crippen molar-refractivity contribution in [2.75, 3.05) is 26.2 Å². The normalized spacial score (nSPS) is 44.5. The van der Waals surface area contributed by atoms with E-state index in [0.717, 1.165) is 99.0 Å². The van der Waals surface area contributed by atoms with E-state index in [1.807, 2.05) is 0 Å². The number of nitrogens with two attached hydrogens (primary N) is 1. The summed E-state index contributed by atoms with van der Waals surface area (Å²) >= 11 is 0. The fraction of sp³-hybridized carbons (Fsp3) is 0.702. The highest BCUT2D eigenvalue weighted by Gasteiger charge is 2.92. The minimum Gasteiger partial charge on any atom is -0.449 e. The molecular formula is C47H61N3O4. The molecule has 4 fully saturated rings. The van der Waals surface area contributed by atoms with Gasteiger partial charge in [-0.25, -0.2) is 4.79 Å². The second-order valence-electron chi connectivity index (χ2n) is 19.5. The lowest BCUT2D eigenvalue weighted by Crippen LogP contribution is -2.77. The molecule has 12 bridgehead atoms. The summed E-state index contributed by atoms with van der Waals surface area (Å²) in [7, 11) is 0. The van der Waals surface area contributed by atoms with Crippen molar-refractivity contribution in [3.05, 3.63) is 69.1 Å². The molecule has 12 atom stereocenters. The first-order chi connectivity index (χ1) is 26.3. The van der Waals surface area contributed by atoms with Crippen molar-refractivity contribution >= 4 is 11.9 Å². The monoisotopic (exact) mass is 731 g/mol. The third kappa shape index (κ3) is 3.97. The average Bonchev–Trinajstić information content (AvgIpc) is 3.62. The molecule has 2 N–H and O–H groups in total. The minimum atomic E-state index is -0.919. The molecule has 3 saturated heterocycles. The summed E-state index contributed by atoms with van der Waals surface area (Å²) in [6.07, 6.45) is 17.8. The number of aryl methyl sites for hydroxylation is 1. The maximum atomic E-state index is 15.4. The Bertz CT molecular complexity index is 1910. The molecule has 4 aliphatic carbocycles. The van der Waals surface area contributed by atoms with Gasteiger partial charge in [0.05, 0.1) is 11.0 Å². The van der Waals surface area contributed by atoms with Crippen molar-refractivity contribution in [2.24, 2.45) is 52.1 Å². The van der Waals surface area contributed by atoms with E-state index >= 15 is 4.79 Å². The predicted octanol–water partition coefficient (Wildman–Crippen LogP) is 8.19. The van der Waals surface area contributed by atoms with Gasteiger partial charge in [0, 0.05) is 54.8 Å². The lowest BCUT2D eigenvalue weighted by atomic mass is 9.28. The number of carbonyl (C=O) groups excluding carboxylic acids is 2. The van der Waals surface area contributed by atoms with E-state index in [-0.39, 0.29) is 17.9 Å². The van der Waals surface area contributed by atoms with Gasteiger partial charge in [-0.15, -0.1) is 0 Å². The average molecular weight is 732 g/mol. The van der Waals surface area contributed by atoms with E-state index in [4.69, 9.17) is 15.2 Å². The third-order valence-corrected chi connectivity index (χ3v) is 17.4. The first kappa shape index (κ1) is 34.4. The molecule has 0 aromatic heterocycles. The highest BCUT2D eigenvalue weighted by atomic mass is 16.6. The van der Waals surface area contributed by atoms with Crippen LogP contribution in [0.15, 0.2) is 52.5 Å². The van der Waals surface area contributed by atoms with Gasteiger partial charge < -0.3 is 20.1 Å². The van der Waals surface area contributed by atoms with E-state index in [9.17, 15) is 4.79 Å². The quantitative estimate of drug-likeness (QED) is 0.224. The number of hydrogen-bond acceptors (Lipinski definition) is 7. The standard InChI is InChI=1S/C47H61N3O4/c1-4-8-32-14-18-39-45-20-19-34-35(16-15-33-27(3)22-30-13-17-37-31-23-28(24-49(32)26-31)25-50(37)42(30)41(33)34)46(45,44(52)53-39)38(9-5-2)47(45)36-12-6-10-29(11-7-21-48)40(36)43(51)54-47/h6,10,12,18,27-28,31-33,37-38,41H,4-5,7-9,11,13-17,19-26,48H2,1-3H3/b39-18+/t27-,28+,31-,32-,33+,37+,38+,41-,45-,46+,47-/m1/s1. The Morgan fingerprint density at radius 3 is 2.72 bits per heavy atom. The molecule has 7 nitrogen and oxygen atoms in total. The molecule has 1 saturated carbocycles. The molecule has 288 valence electrons. The van der Waals surface area contributed by atoms with E-state index in [2.05, 4.69) is 54.8 Å². The lowest BCUT2D eigenvalue weighted by molar-refractivity contribution is -0.277. The predicted molar refractivity (Wildman–Crippen MR) is 208 cm³/mol. The van der Waals surface area contributed by atoms with Gasteiger partial charge in [0.1, 0.15) is 11.2 Å². The van der Waals surface area contributed by atoms with Crippen LogP contribution in [0.3, 0.4) is 0 Å². The van der Waals surface area contributed by atoms with Gasteiger partial charge in [0.15, 0.2) is 5.60 Å². The Morgan fingerprint density at radius 2 is 1.89 bits per heavy atom. The number of nitrogens with zero attached hydrogens (tertiary/aromatic N) is 2. The van der Waals surface area contributed by atoms with Gasteiger partial charge >= 0.3 is 11.9 Å². The van der Waals surface area contributed by atoms with Crippen molar-refractivity contribution in [1.82, 2.24) is 9.80 Å². The summed E-state index contributed by atoms with van der Waals surface area (Å²) in [5.74, 6) is 3.51. The maximum absolute atomic E-state index is 15.4. The number of ether oxygens (including phenoxy) is 2. The third-order valence-electron chi connectivity index (χ3n) is 17.4. The Hall–Kier alpha value is -2.90. The molecule has 0 amide bonds. The summed E-state index contributed by atoms with van der Waals surface area (Å²) in [6.45, 7) is 11.2. The first-order valence-electron chi connectivity index (χ1n) is 22.3. The van der Waals surface area contributed by atoms with E-state index in [0.29, 0.717) is 42.3 Å². The minimum absolute atomic E-state index is 0.0481. The van der Waals surface area contributed by atoms with Crippen molar-refractivity contribution in [1.29, 1.82) is 0 Å². The Balaban J connectivity index is 1.18. The fourth-order valence-corrected chi connectivity index (χ4v) is 15.9. The molecule has 2 spiro atoms. The van der Waals surface area contributed by atoms with Crippen molar-refractivity contribution < 1.29 is 19.1 Å². The van der Waals surface area contributed by atoms with Gasteiger partial charge in [-0.05, 0) is 125 Å². The summed E-state index contributed by atoms with van der Waals surface area (Å²) < 4.78 is 14.0. The van der Waals surface area contributed by atoms with Crippen LogP contribution in [0.2, 0.25) is 0 Å². The highest BCUT2D eigenvalue weighted by Crippen LogP contribution is 2.87. The maximum Gasteiger partial charge on any atom is 0.339 e. The Kier molecular flexibility index (Phi) is 7.67. The lowest BCUT2D eigenvalue weighted by Gasteiger charge is -2.72.